The van der Waals surface area contributed by atoms with Gasteiger partial charge in [-0.25, -0.2) is 0 Å². The fraction of sp³-hybridized carbons (Fsp3) is 0.579. The van der Waals surface area contributed by atoms with E-state index < -0.39 is 0 Å². The van der Waals surface area contributed by atoms with Gasteiger partial charge < -0.3 is 16.0 Å². The second kappa shape index (κ2) is 8.87. The van der Waals surface area contributed by atoms with Gasteiger partial charge in [-0.1, -0.05) is 31.4 Å². The average Bonchev–Trinajstić information content (AvgIpc) is 3.00. The van der Waals surface area contributed by atoms with Gasteiger partial charge in [-0.15, -0.1) is 24.0 Å². The molecule has 1 saturated heterocycles. The van der Waals surface area contributed by atoms with Crippen molar-refractivity contribution in [1.82, 2.24) is 10.2 Å². The number of aliphatic imine (C=N–C) groups is 1. The Morgan fingerprint density at radius 1 is 1.20 bits per heavy atom. The third-order valence-corrected chi connectivity index (χ3v) is 5.55. The molecule has 1 spiro atoms. The molecule has 0 radical (unpaired) electrons. The Morgan fingerprint density at radius 2 is 1.88 bits per heavy atom. The highest BCUT2D eigenvalue weighted by Gasteiger charge is 2.39. The Kier molecular flexibility index (Phi) is 7.10. The van der Waals surface area contributed by atoms with E-state index in [4.69, 9.17) is 5.73 Å². The topological polar surface area (TPSA) is 70.7 Å². The van der Waals surface area contributed by atoms with Crippen LogP contribution in [0.4, 0.5) is 0 Å². The van der Waals surface area contributed by atoms with Crippen molar-refractivity contribution in [3.8, 4) is 0 Å². The van der Waals surface area contributed by atoms with Crippen molar-refractivity contribution in [2.24, 2.45) is 16.1 Å². The van der Waals surface area contributed by atoms with Crippen LogP contribution in [-0.2, 0) is 6.54 Å². The van der Waals surface area contributed by atoms with Crippen LogP contribution in [0.1, 0.15) is 54.4 Å². The predicted molar refractivity (Wildman–Crippen MR) is 112 cm³/mol. The van der Waals surface area contributed by atoms with E-state index in [1.807, 2.05) is 19.2 Å². The highest BCUT2D eigenvalue weighted by molar-refractivity contribution is 14.0. The number of nitrogens with two attached hydrogens (primary N) is 1. The molecule has 1 heterocycles. The molecule has 6 heteroatoms. The van der Waals surface area contributed by atoms with Gasteiger partial charge in [0.1, 0.15) is 0 Å². The Morgan fingerprint density at radius 3 is 2.48 bits per heavy atom. The standard InChI is InChI=1S/C19H28N4O.HI/c1-21-18(22-13-15-5-7-16(8-6-15)17(20)24)23-12-11-19(14-23)9-3-2-4-10-19;/h5-8H,2-4,9-14H2,1H3,(H2,20,24)(H,21,22);1H. The van der Waals surface area contributed by atoms with Crippen LogP contribution >= 0.6 is 24.0 Å². The summed E-state index contributed by atoms with van der Waals surface area (Å²) < 4.78 is 0. The van der Waals surface area contributed by atoms with Gasteiger partial charge in [0.15, 0.2) is 5.96 Å². The minimum atomic E-state index is -0.389. The number of halogens is 1. The molecular formula is C19H29IN4O. The van der Waals surface area contributed by atoms with Crippen LogP contribution in [0.2, 0.25) is 0 Å². The van der Waals surface area contributed by atoms with Gasteiger partial charge >= 0.3 is 0 Å². The minimum absolute atomic E-state index is 0. The van der Waals surface area contributed by atoms with E-state index in [2.05, 4.69) is 15.2 Å². The van der Waals surface area contributed by atoms with Crippen molar-refractivity contribution >= 4 is 35.8 Å². The van der Waals surface area contributed by atoms with Crippen LogP contribution < -0.4 is 11.1 Å². The Labute approximate surface area is 167 Å². The molecule has 0 bridgehead atoms. The molecule has 1 aliphatic heterocycles. The summed E-state index contributed by atoms with van der Waals surface area (Å²) in [6, 6.07) is 7.42. The molecular weight excluding hydrogens is 427 g/mol. The molecule has 3 rings (SSSR count). The first kappa shape index (κ1) is 20.0. The second-order valence-corrected chi connectivity index (χ2v) is 7.19. The minimum Gasteiger partial charge on any atom is -0.366 e. The zero-order valence-corrected chi connectivity index (χ0v) is 17.3. The number of hydrogen-bond donors (Lipinski definition) is 2. The molecule has 2 fully saturated rings. The van der Waals surface area contributed by atoms with Gasteiger partial charge in [-0.05, 0) is 42.4 Å². The maximum atomic E-state index is 11.1. The van der Waals surface area contributed by atoms with Gasteiger partial charge in [0, 0.05) is 32.2 Å². The third kappa shape index (κ3) is 4.86. The van der Waals surface area contributed by atoms with Crippen molar-refractivity contribution in [3.05, 3.63) is 35.4 Å². The number of rotatable bonds is 3. The number of amides is 1. The van der Waals surface area contributed by atoms with Crippen LogP contribution in [0.25, 0.3) is 0 Å². The fourth-order valence-corrected chi connectivity index (χ4v) is 4.13. The summed E-state index contributed by atoms with van der Waals surface area (Å²) in [7, 11) is 1.85. The molecule has 0 aromatic heterocycles. The number of likely N-dealkylation sites (tertiary alicyclic amines) is 1. The van der Waals surface area contributed by atoms with Gasteiger partial charge in [0.25, 0.3) is 0 Å². The summed E-state index contributed by atoms with van der Waals surface area (Å²) in [5.74, 6) is 0.594. The first-order valence-electron chi connectivity index (χ1n) is 8.96. The van der Waals surface area contributed by atoms with E-state index in [0.717, 1.165) is 24.6 Å². The average molecular weight is 456 g/mol. The quantitative estimate of drug-likeness (QED) is 0.417. The number of nitrogens with one attached hydrogen (secondary N) is 1. The fourth-order valence-electron chi connectivity index (χ4n) is 4.13. The molecule has 0 atom stereocenters. The van der Waals surface area contributed by atoms with E-state index in [1.54, 1.807) is 12.1 Å². The molecule has 0 unspecified atom stereocenters. The van der Waals surface area contributed by atoms with Gasteiger partial charge in [0.05, 0.1) is 0 Å². The molecule has 25 heavy (non-hydrogen) atoms. The largest absolute Gasteiger partial charge is 0.366 e. The lowest BCUT2D eigenvalue weighted by atomic mass is 9.73. The number of primary amides is 1. The monoisotopic (exact) mass is 456 g/mol. The number of hydrogen-bond acceptors (Lipinski definition) is 2. The van der Waals surface area contributed by atoms with E-state index in [0.29, 0.717) is 17.5 Å². The highest BCUT2D eigenvalue weighted by Crippen LogP contribution is 2.43. The zero-order chi connectivity index (χ0) is 17.0. The molecule has 1 aliphatic carbocycles. The lowest BCUT2D eigenvalue weighted by molar-refractivity contribution is 0.100. The summed E-state index contributed by atoms with van der Waals surface area (Å²) in [6.45, 7) is 2.93. The molecule has 1 amide bonds. The Hall–Kier alpha value is -1.31. The normalized spacial score (nSPS) is 19.6. The van der Waals surface area contributed by atoms with Crippen molar-refractivity contribution in [1.29, 1.82) is 0 Å². The summed E-state index contributed by atoms with van der Waals surface area (Å²) >= 11 is 0. The summed E-state index contributed by atoms with van der Waals surface area (Å²) in [6.07, 6.45) is 8.19. The SMILES string of the molecule is CN=C(NCc1ccc(C(N)=O)cc1)N1CCC2(CCCCC2)C1.I. The smallest absolute Gasteiger partial charge is 0.248 e. The first-order valence-corrected chi connectivity index (χ1v) is 8.96. The summed E-state index contributed by atoms with van der Waals surface area (Å²) in [5, 5.41) is 3.46. The molecule has 2 aliphatic rings. The first-order chi connectivity index (χ1) is 11.6. The van der Waals surface area contributed by atoms with Gasteiger partial charge in [0.2, 0.25) is 5.91 Å². The van der Waals surface area contributed by atoms with Crippen LogP contribution in [0.3, 0.4) is 0 Å². The lowest BCUT2D eigenvalue weighted by Crippen LogP contribution is -2.41. The molecule has 138 valence electrons. The van der Waals surface area contributed by atoms with Crippen LogP contribution in [0, 0.1) is 5.41 Å². The van der Waals surface area contributed by atoms with Crippen LogP contribution in [-0.4, -0.2) is 36.9 Å². The van der Waals surface area contributed by atoms with E-state index >= 15 is 0 Å². The Bertz CT molecular complexity index is 608. The number of nitrogens with zero attached hydrogens (tertiary/aromatic N) is 2. The number of carbonyl (C=O) groups is 1. The summed E-state index contributed by atoms with van der Waals surface area (Å²) in [5.41, 5.74) is 7.47. The number of benzene rings is 1. The highest BCUT2D eigenvalue weighted by atomic mass is 127. The lowest BCUT2D eigenvalue weighted by Gasteiger charge is -2.33. The molecule has 1 aromatic carbocycles. The van der Waals surface area contributed by atoms with Crippen LogP contribution in [0.5, 0.6) is 0 Å². The van der Waals surface area contributed by atoms with Gasteiger partial charge in [-0.3, -0.25) is 9.79 Å². The van der Waals surface area contributed by atoms with E-state index in [9.17, 15) is 4.79 Å². The van der Waals surface area contributed by atoms with Crippen molar-refractivity contribution in [3.63, 3.8) is 0 Å². The van der Waals surface area contributed by atoms with Crippen molar-refractivity contribution in [2.45, 2.75) is 45.1 Å². The Balaban J connectivity index is 0.00000225. The summed E-state index contributed by atoms with van der Waals surface area (Å²) in [4.78, 5) is 18.0. The third-order valence-electron chi connectivity index (χ3n) is 5.55. The molecule has 3 N–H and O–H groups in total. The molecule has 1 saturated carbocycles. The maximum Gasteiger partial charge on any atom is 0.248 e. The number of carbonyl (C=O) groups excluding carboxylic acids is 1. The second-order valence-electron chi connectivity index (χ2n) is 7.19. The van der Waals surface area contributed by atoms with Crippen molar-refractivity contribution < 1.29 is 4.79 Å². The molecule has 5 nitrogen and oxygen atoms in total. The van der Waals surface area contributed by atoms with Crippen LogP contribution in [0.15, 0.2) is 29.3 Å². The van der Waals surface area contributed by atoms with E-state index in [1.165, 1.54) is 38.5 Å². The molecule has 1 aromatic rings. The van der Waals surface area contributed by atoms with Crippen molar-refractivity contribution in [2.75, 3.05) is 20.1 Å². The predicted octanol–water partition coefficient (Wildman–Crippen LogP) is 3.14. The number of guanidine groups is 1. The van der Waals surface area contributed by atoms with E-state index in [-0.39, 0.29) is 29.9 Å². The maximum absolute atomic E-state index is 11.1. The van der Waals surface area contributed by atoms with Gasteiger partial charge in [-0.2, -0.15) is 0 Å². The zero-order valence-electron chi connectivity index (χ0n) is 15.0.